The van der Waals surface area contributed by atoms with Crippen LogP contribution in [-0.4, -0.2) is 41.0 Å². The molecule has 1 N–H and O–H groups in total. The van der Waals surface area contributed by atoms with E-state index in [2.05, 4.69) is 20.0 Å². The third kappa shape index (κ3) is 8.67. The fraction of sp³-hybridized carbons (Fsp3) is 0.280. The molecule has 0 saturated carbocycles. The van der Waals surface area contributed by atoms with Crippen molar-refractivity contribution in [2.24, 2.45) is 0 Å². The first-order chi connectivity index (χ1) is 17.3. The average molecular weight is 535 g/mol. The van der Waals surface area contributed by atoms with E-state index in [4.69, 9.17) is 4.74 Å². The lowest BCUT2D eigenvalue weighted by molar-refractivity contribution is -0.274. The molecule has 0 radical (unpaired) electrons. The second kappa shape index (κ2) is 11.5. The van der Waals surface area contributed by atoms with E-state index in [9.17, 15) is 22.8 Å². The van der Waals surface area contributed by atoms with E-state index in [1.165, 1.54) is 28.8 Å². The Morgan fingerprint density at radius 2 is 1.73 bits per heavy atom. The van der Waals surface area contributed by atoms with E-state index in [1.54, 1.807) is 64.5 Å². The highest BCUT2D eigenvalue weighted by atomic mass is 32.2. The van der Waals surface area contributed by atoms with E-state index in [0.29, 0.717) is 27.8 Å². The summed E-state index contributed by atoms with van der Waals surface area (Å²) in [6.45, 7) is 5.33. The molecule has 0 spiro atoms. The minimum Gasteiger partial charge on any atom is -0.443 e. The topological polar surface area (TPSA) is 93.7 Å². The number of rotatable bonds is 7. The van der Waals surface area contributed by atoms with Crippen molar-refractivity contribution >= 4 is 35.3 Å². The summed E-state index contributed by atoms with van der Waals surface area (Å²) in [6.07, 6.45) is -2.21. The standard InChI is InChI=1S/C25H25F3N4O4S/c1-24(2,3)36-23(34)32(4)20-14-16(11-13-29-20)15-37-22-19(6-5-12-30-22)21(33)31-17-7-9-18(10-8-17)35-25(26,27)28/h5-14H,15H2,1-4H3,(H,31,33). The van der Waals surface area contributed by atoms with Crippen molar-refractivity contribution in [1.82, 2.24) is 9.97 Å². The van der Waals surface area contributed by atoms with Gasteiger partial charge in [0.2, 0.25) is 0 Å². The van der Waals surface area contributed by atoms with Gasteiger partial charge < -0.3 is 14.8 Å². The van der Waals surface area contributed by atoms with E-state index >= 15 is 0 Å². The summed E-state index contributed by atoms with van der Waals surface area (Å²) in [7, 11) is 1.57. The van der Waals surface area contributed by atoms with Crippen LogP contribution in [0.1, 0.15) is 36.7 Å². The lowest BCUT2D eigenvalue weighted by Crippen LogP contribution is -2.34. The van der Waals surface area contributed by atoms with Gasteiger partial charge in [-0.05, 0) is 74.9 Å². The molecule has 2 heterocycles. The van der Waals surface area contributed by atoms with Gasteiger partial charge in [0.05, 0.1) is 5.56 Å². The Labute approximate surface area is 216 Å². The Hall–Kier alpha value is -3.80. The molecule has 0 saturated heterocycles. The fourth-order valence-corrected chi connectivity index (χ4v) is 3.86. The number of ether oxygens (including phenoxy) is 2. The van der Waals surface area contributed by atoms with Gasteiger partial charge in [-0.15, -0.1) is 24.9 Å². The molecule has 3 aromatic rings. The molecule has 0 aliphatic carbocycles. The number of carbonyl (C=O) groups is 2. The molecule has 0 unspecified atom stereocenters. The number of hydrogen-bond acceptors (Lipinski definition) is 7. The Bertz CT molecular complexity index is 1250. The first-order valence-corrected chi connectivity index (χ1v) is 12.0. The number of nitrogens with one attached hydrogen (secondary N) is 1. The summed E-state index contributed by atoms with van der Waals surface area (Å²) >= 11 is 1.31. The molecule has 0 atom stereocenters. The van der Waals surface area contributed by atoms with E-state index in [1.807, 2.05) is 0 Å². The number of hydrogen-bond donors (Lipinski definition) is 1. The van der Waals surface area contributed by atoms with Gasteiger partial charge in [-0.2, -0.15) is 0 Å². The monoisotopic (exact) mass is 534 g/mol. The molecular weight excluding hydrogens is 509 g/mol. The number of pyridine rings is 2. The maximum absolute atomic E-state index is 12.8. The molecule has 37 heavy (non-hydrogen) atoms. The maximum Gasteiger partial charge on any atom is 0.573 e. The highest BCUT2D eigenvalue weighted by Gasteiger charge is 2.31. The minimum atomic E-state index is -4.80. The molecule has 0 fully saturated rings. The quantitative estimate of drug-likeness (QED) is 0.356. The maximum atomic E-state index is 12.8. The van der Waals surface area contributed by atoms with Gasteiger partial charge in [-0.1, -0.05) is 0 Å². The third-order valence-corrected chi connectivity index (χ3v) is 5.63. The second-order valence-electron chi connectivity index (χ2n) is 8.73. The average Bonchev–Trinajstić information content (AvgIpc) is 2.82. The smallest absolute Gasteiger partial charge is 0.443 e. The van der Waals surface area contributed by atoms with Crippen LogP contribution in [0.3, 0.4) is 0 Å². The second-order valence-corrected chi connectivity index (χ2v) is 9.70. The van der Waals surface area contributed by atoms with Gasteiger partial charge in [0.25, 0.3) is 5.91 Å². The zero-order valence-electron chi connectivity index (χ0n) is 20.5. The number of carbonyl (C=O) groups excluding carboxylic acids is 2. The number of alkyl halides is 3. The van der Waals surface area contributed by atoms with Crippen LogP contribution in [0.25, 0.3) is 0 Å². The zero-order valence-corrected chi connectivity index (χ0v) is 21.3. The SMILES string of the molecule is CN(C(=O)OC(C)(C)C)c1cc(CSc2ncccc2C(=O)Nc2ccc(OC(F)(F)F)cc2)ccn1. The predicted molar refractivity (Wildman–Crippen MR) is 134 cm³/mol. The van der Waals surface area contributed by atoms with Gasteiger partial charge >= 0.3 is 12.5 Å². The Balaban J connectivity index is 1.67. The van der Waals surface area contributed by atoms with E-state index in [0.717, 1.165) is 17.7 Å². The number of amides is 2. The molecule has 3 rings (SSSR count). The van der Waals surface area contributed by atoms with Gasteiger partial charge in [0.1, 0.15) is 22.2 Å². The van der Waals surface area contributed by atoms with Crippen LogP contribution in [0.2, 0.25) is 0 Å². The summed E-state index contributed by atoms with van der Waals surface area (Å²) in [5, 5.41) is 3.10. The number of aromatic nitrogens is 2. The van der Waals surface area contributed by atoms with Crippen molar-refractivity contribution in [3.05, 3.63) is 72.1 Å². The molecule has 1 aromatic carbocycles. The lowest BCUT2D eigenvalue weighted by Gasteiger charge is -2.24. The first kappa shape index (κ1) is 27.8. The lowest BCUT2D eigenvalue weighted by atomic mass is 10.2. The normalized spacial score (nSPS) is 11.5. The Morgan fingerprint density at radius 1 is 1.03 bits per heavy atom. The fourth-order valence-electron chi connectivity index (χ4n) is 2.93. The largest absolute Gasteiger partial charge is 0.573 e. The van der Waals surface area contributed by atoms with Crippen LogP contribution in [0.15, 0.2) is 66.0 Å². The van der Waals surface area contributed by atoms with Gasteiger partial charge in [-0.3, -0.25) is 9.69 Å². The van der Waals surface area contributed by atoms with Crippen molar-refractivity contribution in [3.63, 3.8) is 0 Å². The van der Waals surface area contributed by atoms with Gasteiger partial charge in [0, 0.05) is 30.9 Å². The molecule has 196 valence electrons. The highest BCUT2D eigenvalue weighted by Crippen LogP contribution is 2.27. The number of thioether (sulfide) groups is 1. The zero-order chi connectivity index (χ0) is 27.2. The van der Waals surface area contributed by atoms with Crippen LogP contribution in [-0.2, 0) is 10.5 Å². The van der Waals surface area contributed by atoms with Crippen LogP contribution >= 0.6 is 11.8 Å². The van der Waals surface area contributed by atoms with E-state index in [-0.39, 0.29) is 0 Å². The summed E-state index contributed by atoms with van der Waals surface area (Å²) in [5.41, 5.74) is 0.780. The van der Waals surface area contributed by atoms with Gasteiger partial charge in [-0.25, -0.2) is 14.8 Å². The molecule has 2 aromatic heterocycles. The molecular formula is C25H25F3N4O4S. The van der Waals surface area contributed by atoms with Crippen LogP contribution in [0.4, 0.5) is 29.5 Å². The molecule has 0 aliphatic rings. The summed E-state index contributed by atoms with van der Waals surface area (Å²) < 4.78 is 46.2. The summed E-state index contributed by atoms with van der Waals surface area (Å²) in [4.78, 5) is 35.0. The van der Waals surface area contributed by atoms with Gasteiger partial charge in [0.15, 0.2) is 0 Å². The molecule has 12 heteroatoms. The number of anilines is 2. The molecule has 0 aliphatic heterocycles. The van der Waals surface area contributed by atoms with Crippen molar-refractivity contribution in [1.29, 1.82) is 0 Å². The summed E-state index contributed by atoms with van der Waals surface area (Å²) in [6, 6.07) is 11.6. The van der Waals surface area contributed by atoms with Crippen molar-refractivity contribution in [2.75, 3.05) is 17.3 Å². The highest BCUT2D eigenvalue weighted by molar-refractivity contribution is 7.98. The van der Waals surface area contributed by atoms with Crippen LogP contribution in [0, 0.1) is 0 Å². The number of benzene rings is 1. The van der Waals surface area contributed by atoms with Crippen LogP contribution in [0.5, 0.6) is 5.75 Å². The van der Waals surface area contributed by atoms with Crippen molar-refractivity contribution < 1.29 is 32.2 Å². The van der Waals surface area contributed by atoms with Crippen molar-refractivity contribution in [3.8, 4) is 5.75 Å². The minimum absolute atomic E-state index is 0.295. The Morgan fingerprint density at radius 3 is 2.38 bits per heavy atom. The van der Waals surface area contributed by atoms with E-state index < -0.39 is 29.7 Å². The molecule has 0 bridgehead atoms. The predicted octanol–water partition coefficient (Wildman–Crippen LogP) is 6.29. The number of halogens is 3. The molecule has 8 nitrogen and oxygen atoms in total. The van der Waals surface area contributed by atoms with Crippen molar-refractivity contribution in [2.45, 2.75) is 43.5 Å². The molecule has 2 amide bonds. The first-order valence-electron chi connectivity index (χ1n) is 11.0. The van der Waals surface area contributed by atoms with Crippen LogP contribution < -0.4 is 15.0 Å². The third-order valence-electron chi connectivity index (χ3n) is 4.56. The Kier molecular flexibility index (Phi) is 8.64. The number of nitrogens with zero attached hydrogens (tertiary/aromatic N) is 3. The summed E-state index contributed by atoms with van der Waals surface area (Å²) in [5.74, 6) is -0.0278.